The summed E-state index contributed by atoms with van der Waals surface area (Å²) in [6.45, 7) is 8.22. The molecule has 2 aliphatic rings. The van der Waals surface area contributed by atoms with Gasteiger partial charge in [-0.3, -0.25) is 4.79 Å². The summed E-state index contributed by atoms with van der Waals surface area (Å²) in [5, 5.41) is 3.05. The molecular formula is C23H33N5O4S. The molecule has 3 heterocycles. The molecule has 1 aromatic carbocycles. The molecular weight excluding hydrogens is 442 g/mol. The van der Waals surface area contributed by atoms with Gasteiger partial charge in [-0.25, -0.2) is 13.4 Å². The SMILES string of the molecule is Cc1nc(S(=O)(=O)N2CCC(C(=O)Nc3ccc(N4CC(C)OC(C)C4)cc3)CC2)cn1C. The van der Waals surface area contributed by atoms with E-state index in [9.17, 15) is 13.2 Å². The van der Waals surface area contributed by atoms with Crippen molar-refractivity contribution in [2.24, 2.45) is 13.0 Å². The number of sulfonamides is 1. The average Bonchev–Trinajstić information content (AvgIpc) is 3.13. The number of carbonyl (C=O) groups is 1. The van der Waals surface area contributed by atoms with Gasteiger partial charge in [0.25, 0.3) is 10.0 Å². The van der Waals surface area contributed by atoms with Gasteiger partial charge in [-0.05, 0) is 57.9 Å². The molecule has 2 aromatic rings. The number of anilines is 2. The Morgan fingerprint density at radius 1 is 1.09 bits per heavy atom. The monoisotopic (exact) mass is 475 g/mol. The molecule has 1 aromatic heterocycles. The number of rotatable bonds is 5. The predicted octanol–water partition coefficient (Wildman–Crippen LogP) is 2.38. The highest BCUT2D eigenvalue weighted by molar-refractivity contribution is 7.89. The summed E-state index contributed by atoms with van der Waals surface area (Å²) in [5.74, 6) is 0.358. The molecule has 4 rings (SSSR count). The summed E-state index contributed by atoms with van der Waals surface area (Å²) < 4.78 is 34.6. The zero-order valence-electron chi connectivity index (χ0n) is 19.7. The van der Waals surface area contributed by atoms with E-state index >= 15 is 0 Å². The Morgan fingerprint density at radius 3 is 2.24 bits per heavy atom. The number of aryl methyl sites for hydroxylation is 2. The predicted molar refractivity (Wildman–Crippen MR) is 127 cm³/mol. The van der Waals surface area contributed by atoms with Crippen molar-refractivity contribution in [1.29, 1.82) is 0 Å². The van der Waals surface area contributed by atoms with E-state index in [1.54, 1.807) is 18.5 Å². The molecule has 2 atom stereocenters. The maximum absolute atomic E-state index is 12.9. The number of ether oxygens (including phenoxy) is 1. The molecule has 0 aliphatic carbocycles. The van der Waals surface area contributed by atoms with Crippen molar-refractivity contribution in [1.82, 2.24) is 13.9 Å². The number of hydrogen-bond donors (Lipinski definition) is 1. The Hall–Kier alpha value is -2.43. The van der Waals surface area contributed by atoms with Crippen LogP contribution in [0.3, 0.4) is 0 Å². The number of imidazole rings is 1. The first-order valence-electron chi connectivity index (χ1n) is 11.4. The lowest BCUT2D eigenvalue weighted by Crippen LogP contribution is -2.45. The summed E-state index contributed by atoms with van der Waals surface area (Å²) in [6, 6.07) is 7.87. The van der Waals surface area contributed by atoms with E-state index in [0.29, 0.717) is 31.8 Å². The van der Waals surface area contributed by atoms with Crippen LogP contribution in [0, 0.1) is 12.8 Å². The molecule has 180 valence electrons. The maximum atomic E-state index is 12.9. The van der Waals surface area contributed by atoms with E-state index < -0.39 is 10.0 Å². The lowest BCUT2D eigenvalue weighted by Gasteiger charge is -2.37. The minimum atomic E-state index is -3.64. The number of aromatic nitrogens is 2. The van der Waals surface area contributed by atoms with E-state index in [1.807, 2.05) is 24.3 Å². The molecule has 1 amide bonds. The third kappa shape index (κ3) is 5.23. The number of benzene rings is 1. The molecule has 1 N–H and O–H groups in total. The second-order valence-corrected chi connectivity index (χ2v) is 11.0. The maximum Gasteiger partial charge on any atom is 0.262 e. The molecule has 0 radical (unpaired) electrons. The highest BCUT2D eigenvalue weighted by Crippen LogP contribution is 2.26. The topological polar surface area (TPSA) is 96.8 Å². The number of carbonyl (C=O) groups excluding carboxylic acids is 1. The highest BCUT2D eigenvalue weighted by Gasteiger charge is 2.33. The minimum absolute atomic E-state index is 0.0644. The van der Waals surface area contributed by atoms with Gasteiger partial charge in [-0.1, -0.05) is 0 Å². The van der Waals surface area contributed by atoms with Crippen molar-refractivity contribution in [3.63, 3.8) is 0 Å². The van der Waals surface area contributed by atoms with Gasteiger partial charge in [0, 0.05) is 56.7 Å². The summed E-state index contributed by atoms with van der Waals surface area (Å²) in [4.78, 5) is 19.2. The van der Waals surface area contributed by atoms with Crippen LogP contribution in [-0.2, 0) is 26.6 Å². The van der Waals surface area contributed by atoms with Crippen LogP contribution in [0.2, 0.25) is 0 Å². The molecule has 9 nitrogen and oxygen atoms in total. The van der Waals surface area contributed by atoms with E-state index in [2.05, 4.69) is 29.0 Å². The van der Waals surface area contributed by atoms with Crippen LogP contribution in [0.25, 0.3) is 0 Å². The number of hydrogen-bond acceptors (Lipinski definition) is 6. The van der Waals surface area contributed by atoms with Gasteiger partial charge in [0.2, 0.25) is 5.91 Å². The van der Waals surface area contributed by atoms with Crippen molar-refractivity contribution >= 4 is 27.3 Å². The standard InChI is InChI=1S/C23H33N5O4S/c1-16-13-27(14-17(2)32-16)21-7-5-20(6-8-21)25-23(29)19-9-11-28(12-10-19)33(30,31)22-15-26(4)18(3)24-22/h5-8,15-17,19H,9-14H2,1-4H3,(H,25,29). The van der Waals surface area contributed by atoms with Crippen LogP contribution >= 0.6 is 0 Å². The molecule has 2 aliphatic heterocycles. The van der Waals surface area contributed by atoms with Crippen LogP contribution in [0.5, 0.6) is 0 Å². The van der Waals surface area contributed by atoms with Gasteiger partial charge in [-0.15, -0.1) is 0 Å². The van der Waals surface area contributed by atoms with Gasteiger partial charge in [-0.2, -0.15) is 4.31 Å². The Bertz CT molecular complexity index is 1060. The number of morpholine rings is 1. The normalized spacial score (nSPS) is 23.0. The molecule has 2 fully saturated rings. The lowest BCUT2D eigenvalue weighted by atomic mass is 9.97. The molecule has 0 spiro atoms. The van der Waals surface area contributed by atoms with E-state index in [-0.39, 0.29) is 29.1 Å². The zero-order valence-corrected chi connectivity index (χ0v) is 20.5. The van der Waals surface area contributed by atoms with Gasteiger partial charge in [0.1, 0.15) is 5.82 Å². The largest absolute Gasteiger partial charge is 0.372 e. The Morgan fingerprint density at radius 2 is 1.70 bits per heavy atom. The second-order valence-electron chi connectivity index (χ2n) is 9.11. The zero-order chi connectivity index (χ0) is 23.8. The Labute approximate surface area is 195 Å². The van der Waals surface area contributed by atoms with Crippen LogP contribution < -0.4 is 10.2 Å². The van der Waals surface area contributed by atoms with Gasteiger partial charge < -0.3 is 19.5 Å². The first kappa shape index (κ1) is 23.7. The fourth-order valence-electron chi connectivity index (χ4n) is 4.53. The van der Waals surface area contributed by atoms with Gasteiger partial charge >= 0.3 is 0 Å². The summed E-state index contributed by atoms with van der Waals surface area (Å²) in [6.07, 6.45) is 2.87. The van der Waals surface area contributed by atoms with E-state index in [4.69, 9.17) is 4.74 Å². The third-order valence-electron chi connectivity index (χ3n) is 6.44. The number of piperidine rings is 1. The first-order valence-corrected chi connectivity index (χ1v) is 12.9. The molecule has 33 heavy (non-hydrogen) atoms. The fraction of sp³-hybridized carbons (Fsp3) is 0.565. The van der Waals surface area contributed by atoms with Gasteiger partial charge in [0.15, 0.2) is 5.03 Å². The molecule has 2 saturated heterocycles. The van der Waals surface area contributed by atoms with Crippen molar-refractivity contribution in [3.8, 4) is 0 Å². The number of nitrogens with one attached hydrogen (secondary N) is 1. The summed E-state index contributed by atoms with van der Waals surface area (Å²) >= 11 is 0. The van der Waals surface area contributed by atoms with Gasteiger partial charge in [0.05, 0.1) is 12.2 Å². The van der Waals surface area contributed by atoms with Crippen LogP contribution in [0.15, 0.2) is 35.5 Å². The summed E-state index contributed by atoms with van der Waals surface area (Å²) in [7, 11) is -1.87. The molecule has 2 unspecified atom stereocenters. The van der Waals surface area contributed by atoms with Crippen molar-refractivity contribution in [3.05, 3.63) is 36.3 Å². The van der Waals surface area contributed by atoms with E-state index in [1.165, 1.54) is 10.5 Å². The van der Waals surface area contributed by atoms with Crippen molar-refractivity contribution < 1.29 is 17.9 Å². The second kappa shape index (κ2) is 9.44. The quantitative estimate of drug-likeness (QED) is 0.713. The first-order chi connectivity index (χ1) is 15.6. The Kier molecular flexibility index (Phi) is 6.78. The van der Waals surface area contributed by atoms with Crippen LogP contribution in [0.4, 0.5) is 11.4 Å². The summed E-state index contributed by atoms with van der Waals surface area (Å²) in [5.41, 5.74) is 1.86. The molecule has 10 heteroatoms. The van der Waals surface area contributed by atoms with E-state index in [0.717, 1.165) is 24.5 Å². The third-order valence-corrected chi connectivity index (χ3v) is 8.21. The average molecular weight is 476 g/mol. The smallest absolute Gasteiger partial charge is 0.262 e. The Balaban J connectivity index is 1.32. The highest BCUT2D eigenvalue weighted by atomic mass is 32.2. The fourth-order valence-corrected chi connectivity index (χ4v) is 6.02. The van der Waals surface area contributed by atoms with Crippen molar-refractivity contribution in [2.75, 3.05) is 36.4 Å². The minimum Gasteiger partial charge on any atom is -0.372 e. The van der Waals surface area contributed by atoms with Crippen LogP contribution in [-0.4, -0.2) is 66.6 Å². The molecule has 0 saturated carbocycles. The van der Waals surface area contributed by atoms with Crippen LogP contribution in [0.1, 0.15) is 32.5 Å². The number of amides is 1. The van der Waals surface area contributed by atoms with Crippen molar-refractivity contribution in [2.45, 2.75) is 50.8 Å². The molecule has 0 bridgehead atoms. The lowest BCUT2D eigenvalue weighted by molar-refractivity contribution is -0.120. The number of nitrogens with zero attached hydrogens (tertiary/aromatic N) is 4.